The van der Waals surface area contributed by atoms with E-state index in [1.165, 1.54) is 24.3 Å². The summed E-state index contributed by atoms with van der Waals surface area (Å²) in [5.41, 5.74) is 1.37. The summed E-state index contributed by atoms with van der Waals surface area (Å²) in [5, 5.41) is 13.8. The van der Waals surface area contributed by atoms with E-state index in [9.17, 15) is 19.7 Å². The van der Waals surface area contributed by atoms with Crippen LogP contribution in [0.1, 0.15) is 10.4 Å². The van der Waals surface area contributed by atoms with Gasteiger partial charge in [0.2, 0.25) is 5.89 Å². The molecule has 0 atom stereocenters. The summed E-state index contributed by atoms with van der Waals surface area (Å²) in [7, 11) is 0. The lowest BCUT2D eigenvalue weighted by atomic mass is 10.1. The molecule has 142 valence electrons. The van der Waals surface area contributed by atoms with Crippen LogP contribution in [0.2, 0.25) is 0 Å². The zero-order chi connectivity index (χ0) is 20.4. The number of para-hydroxylation sites is 1. The Bertz CT molecular complexity index is 1280. The van der Waals surface area contributed by atoms with E-state index in [1.807, 2.05) is 0 Å². The number of rotatable bonds is 4. The number of hydrogen-bond donors (Lipinski definition) is 1. The van der Waals surface area contributed by atoms with Crippen molar-refractivity contribution in [3.63, 3.8) is 0 Å². The second-order valence-electron chi connectivity index (χ2n) is 6.16. The fraction of sp³-hybridized carbons (Fsp3) is 0. The first-order valence-corrected chi connectivity index (χ1v) is 8.57. The third-order valence-corrected chi connectivity index (χ3v) is 4.27. The number of nitrogens with zero attached hydrogens (tertiary/aromatic N) is 2. The number of non-ortho nitro benzene ring substituents is 1. The number of hydrogen-bond acceptors (Lipinski definition) is 6. The van der Waals surface area contributed by atoms with Crippen LogP contribution in [0.25, 0.3) is 22.4 Å². The van der Waals surface area contributed by atoms with Crippen molar-refractivity contribution in [3.05, 3.63) is 98.9 Å². The number of nitro benzene ring substituents is 1. The number of nitro groups is 1. The highest BCUT2D eigenvalue weighted by atomic mass is 16.6. The van der Waals surface area contributed by atoms with Gasteiger partial charge in [-0.2, -0.15) is 0 Å². The molecule has 4 aromatic rings. The topological polar surface area (TPSA) is 115 Å². The van der Waals surface area contributed by atoms with Crippen LogP contribution in [-0.2, 0) is 0 Å². The lowest BCUT2D eigenvalue weighted by Crippen LogP contribution is -2.11. The predicted octanol–water partition coefficient (Wildman–Crippen LogP) is 4.02. The average molecular weight is 387 g/mol. The molecular weight excluding hydrogens is 374 g/mol. The maximum absolute atomic E-state index is 12.3. The molecule has 1 N–H and O–H groups in total. The van der Waals surface area contributed by atoms with Crippen LogP contribution in [0.15, 0.2) is 82.0 Å². The molecule has 3 aromatic carbocycles. The largest absolute Gasteiger partial charge is 0.403 e. The molecule has 0 bridgehead atoms. The van der Waals surface area contributed by atoms with Gasteiger partial charge in [0.15, 0.2) is 0 Å². The fourth-order valence-corrected chi connectivity index (χ4v) is 2.78. The maximum atomic E-state index is 12.3. The summed E-state index contributed by atoms with van der Waals surface area (Å²) in [6.45, 7) is 0. The van der Waals surface area contributed by atoms with E-state index in [4.69, 9.17) is 4.42 Å². The van der Waals surface area contributed by atoms with E-state index < -0.39 is 16.5 Å². The van der Waals surface area contributed by atoms with Crippen molar-refractivity contribution in [3.8, 4) is 11.5 Å². The van der Waals surface area contributed by atoms with Gasteiger partial charge in [-0.05, 0) is 48.5 Å². The van der Waals surface area contributed by atoms with Crippen molar-refractivity contribution in [2.75, 3.05) is 5.32 Å². The summed E-state index contributed by atoms with van der Waals surface area (Å²) in [5.74, 6) is -0.218. The first-order valence-electron chi connectivity index (χ1n) is 8.57. The first-order chi connectivity index (χ1) is 14.0. The third-order valence-electron chi connectivity index (χ3n) is 4.27. The molecule has 8 heteroatoms. The van der Waals surface area contributed by atoms with Gasteiger partial charge < -0.3 is 9.73 Å². The molecule has 4 rings (SSSR count). The SMILES string of the molecule is O=C(Nc1ccc(-c2nc3ccccc3c(=O)o2)cc1)c1ccc([N+](=O)[O-])cc1. The van der Waals surface area contributed by atoms with Gasteiger partial charge in [-0.15, -0.1) is 0 Å². The van der Waals surface area contributed by atoms with Gasteiger partial charge in [0.05, 0.1) is 15.8 Å². The summed E-state index contributed by atoms with van der Waals surface area (Å²) in [6.07, 6.45) is 0. The van der Waals surface area contributed by atoms with Gasteiger partial charge in [-0.25, -0.2) is 9.78 Å². The minimum Gasteiger partial charge on any atom is -0.403 e. The van der Waals surface area contributed by atoms with Crippen molar-refractivity contribution in [1.82, 2.24) is 4.98 Å². The summed E-state index contributed by atoms with van der Waals surface area (Å²) < 4.78 is 5.29. The summed E-state index contributed by atoms with van der Waals surface area (Å²) >= 11 is 0. The average Bonchev–Trinajstić information content (AvgIpc) is 2.74. The molecule has 0 saturated heterocycles. The van der Waals surface area contributed by atoms with Gasteiger partial charge in [-0.3, -0.25) is 14.9 Å². The highest BCUT2D eigenvalue weighted by Crippen LogP contribution is 2.21. The van der Waals surface area contributed by atoms with Gasteiger partial charge in [0, 0.05) is 28.9 Å². The Hall–Kier alpha value is -4.33. The molecule has 1 amide bonds. The molecule has 29 heavy (non-hydrogen) atoms. The Labute approximate surface area is 163 Å². The molecule has 0 aliphatic rings. The summed E-state index contributed by atoms with van der Waals surface area (Å²) in [6, 6.07) is 18.9. The molecule has 0 unspecified atom stereocenters. The fourth-order valence-electron chi connectivity index (χ4n) is 2.78. The molecule has 0 fully saturated rings. The number of aromatic nitrogens is 1. The van der Waals surface area contributed by atoms with Gasteiger partial charge in [-0.1, -0.05) is 12.1 Å². The Morgan fingerprint density at radius 3 is 2.34 bits per heavy atom. The van der Waals surface area contributed by atoms with E-state index in [-0.39, 0.29) is 11.6 Å². The highest BCUT2D eigenvalue weighted by Gasteiger charge is 2.11. The van der Waals surface area contributed by atoms with E-state index in [0.717, 1.165) is 0 Å². The highest BCUT2D eigenvalue weighted by molar-refractivity contribution is 6.04. The van der Waals surface area contributed by atoms with Crippen LogP contribution in [-0.4, -0.2) is 15.8 Å². The molecule has 0 saturated carbocycles. The second-order valence-corrected chi connectivity index (χ2v) is 6.16. The number of carbonyl (C=O) groups excluding carboxylic acids is 1. The summed E-state index contributed by atoms with van der Waals surface area (Å²) in [4.78, 5) is 38.9. The third kappa shape index (κ3) is 3.72. The van der Waals surface area contributed by atoms with E-state index in [1.54, 1.807) is 48.5 Å². The lowest BCUT2D eigenvalue weighted by molar-refractivity contribution is -0.384. The molecule has 1 aromatic heterocycles. The Morgan fingerprint density at radius 2 is 1.66 bits per heavy atom. The van der Waals surface area contributed by atoms with Gasteiger partial charge in [0.1, 0.15) is 0 Å². The van der Waals surface area contributed by atoms with E-state index in [0.29, 0.717) is 27.7 Å². The van der Waals surface area contributed by atoms with Crippen molar-refractivity contribution in [2.24, 2.45) is 0 Å². The second kappa shape index (κ2) is 7.35. The van der Waals surface area contributed by atoms with Crippen LogP contribution < -0.4 is 10.9 Å². The molecule has 0 spiro atoms. The zero-order valence-corrected chi connectivity index (χ0v) is 14.9. The number of amides is 1. The van der Waals surface area contributed by atoms with Crippen LogP contribution in [0, 0.1) is 10.1 Å². The number of carbonyl (C=O) groups is 1. The Morgan fingerprint density at radius 1 is 0.966 bits per heavy atom. The molecular formula is C21H13N3O5. The van der Waals surface area contributed by atoms with Gasteiger partial charge in [0.25, 0.3) is 11.6 Å². The number of anilines is 1. The van der Waals surface area contributed by atoms with Crippen LogP contribution in [0.5, 0.6) is 0 Å². The Balaban J connectivity index is 1.54. The van der Waals surface area contributed by atoms with Crippen LogP contribution in [0.3, 0.4) is 0 Å². The van der Waals surface area contributed by atoms with E-state index in [2.05, 4.69) is 10.3 Å². The van der Waals surface area contributed by atoms with Crippen LogP contribution in [0.4, 0.5) is 11.4 Å². The zero-order valence-electron chi connectivity index (χ0n) is 14.9. The Kier molecular flexibility index (Phi) is 4.58. The maximum Gasteiger partial charge on any atom is 0.347 e. The normalized spacial score (nSPS) is 10.6. The monoisotopic (exact) mass is 387 g/mol. The lowest BCUT2D eigenvalue weighted by Gasteiger charge is -2.06. The van der Waals surface area contributed by atoms with Crippen molar-refractivity contribution >= 4 is 28.2 Å². The molecule has 0 radical (unpaired) electrons. The molecule has 8 nitrogen and oxygen atoms in total. The minimum atomic E-state index is -0.528. The number of fused-ring (bicyclic) bond motifs is 1. The molecule has 0 aliphatic carbocycles. The van der Waals surface area contributed by atoms with Crippen LogP contribution >= 0.6 is 0 Å². The standard InChI is InChI=1S/C21H13N3O5/c25-19(13-7-11-16(12-8-13)24(27)28)22-15-9-5-14(6-10-15)20-23-18-4-2-1-3-17(18)21(26)29-20/h1-12H,(H,22,25). The minimum absolute atomic E-state index is 0.0877. The first kappa shape index (κ1) is 18.1. The van der Waals surface area contributed by atoms with E-state index >= 15 is 0 Å². The van der Waals surface area contributed by atoms with Gasteiger partial charge >= 0.3 is 5.63 Å². The smallest absolute Gasteiger partial charge is 0.347 e. The van der Waals surface area contributed by atoms with Crippen molar-refractivity contribution in [1.29, 1.82) is 0 Å². The number of nitrogens with one attached hydrogen (secondary N) is 1. The predicted molar refractivity (Wildman–Crippen MR) is 107 cm³/mol. The number of benzene rings is 3. The molecule has 0 aliphatic heterocycles. The van der Waals surface area contributed by atoms with Crippen molar-refractivity contribution in [2.45, 2.75) is 0 Å². The van der Waals surface area contributed by atoms with Crippen molar-refractivity contribution < 1.29 is 14.1 Å². The quantitative estimate of drug-likeness (QED) is 0.418. The molecule has 1 heterocycles.